The van der Waals surface area contributed by atoms with Crippen molar-refractivity contribution in [1.82, 2.24) is 5.01 Å². The van der Waals surface area contributed by atoms with Gasteiger partial charge in [0, 0.05) is 20.1 Å². The number of hydrogen-bond acceptors (Lipinski definition) is 4. The van der Waals surface area contributed by atoms with E-state index in [0.29, 0.717) is 6.61 Å². The van der Waals surface area contributed by atoms with Gasteiger partial charge in [0.25, 0.3) is 0 Å². The number of hydrogen-bond donors (Lipinski definition) is 0. The molecule has 0 bridgehead atoms. The zero-order chi connectivity index (χ0) is 17.6. The predicted octanol–water partition coefficient (Wildman–Crippen LogP) is 5.27. The van der Waals surface area contributed by atoms with Crippen molar-refractivity contribution < 1.29 is 4.74 Å². The number of ether oxygens (including phenoxy) is 1. The lowest BCUT2D eigenvalue weighted by Gasteiger charge is -2.23. The highest BCUT2D eigenvalue weighted by Gasteiger charge is 2.21. The monoisotopic (exact) mass is 337 g/mol. The highest BCUT2D eigenvalue weighted by molar-refractivity contribution is 5.35. The molecule has 0 saturated heterocycles. The van der Waals surface area contributed by atoms with Crippen molar-refractivity contribution in [3.05, 3.63) is 70.8 Å². The molecule has 0 fully saturated rings. The molecule has 1 aliphatic rings. The van der Waals surface area contributed by atoms with E-state index in [-0.39, 0.29) is 12.1 Å². The van der Waals surface area contributed by atoms with Gasteiger partial charge < -0.3 is 4.74 Å². The van der Waals surface area contributed by atoms with E-state index < -0.39 is 0 Å². The minimum absolute atomic E-state index is 0.0476. The van der Waals surface area contributed by atoms with E-state index in [1.165, 1.54) is 22.3 Å². The summed E-state index contributed by atoms with van der Waals surface area (Å²) in [4.78, 5) is 0. The first-order chi connectivity index (χ1) is 12.2. The molecule has 0 N–H and O–H groups in total. The van der Waals surface area contributed by atoms with Crippen molar-refractivity contribution in [3.8, 4) is 0 Å². The maximum Gasteiger partial charge on any atom is 0.0979 e. The molecule has 3 rings (SSSR count). The first-order valence-electron chi connectivity index (χ1n) is 9.12. The van der Waals surface area contributed by atoms with Crippen LogP contribution in [0.15, 0.2) is 58.9 Å². The Labute approximate surface area is 150 Å². The van der Waals surface area contributed by atoms with Gasteiger partial charge in [-0.1, -0.05) is 60.7 Å². The molecule has 25 heavy (non-hydrogen) atoms. The van der Waals surface area contributed by atoms with Gasteiger partial charge in [0.05, 0.1) is 18.7 Å². The largest absolute Gasteiger partial charge is 0.373 e. The second-order valence-corrected chi connectivity index (χ2v) is 6.49. The first-order valence-corrected chi connectivity index (χ1v) is 9.12. The quantitative estimate of drug-likeness (QED) is 0.765. The minimum Gasteiger partial charge on any atom is -0.373 e. The zero-order valence-electron chi connectivity index (χ0n) is 15.4. The van der Waals surface area contributed by atoms with E-state index in [4.69, 9.17) is 4.74 Å². The van der Waals surface area contributed by atoms with E-state index in [9.17, 15) is 0 Å². The van der Waals surface area contributed by atoms with Gasteiger partial charge in [-0.2, -0.15) is 5.11 Å². The fourth-order valence-electron chi connectivity index (χ4n) is 3.49. The maximum absolute atomic E-state index is 6.16. The van der Waals surface area contributed by atoms with E-state index in [1.807, 2.05) is 12.1 Å². The van der Waals surface area contributed by atoms with Gasteiger partial charge in [0.2, 0.25) is 0 Å². The van der Waals surface area contributed by atoms with E-state index in [2.05, 4.69) is 72.7 Å². The van der Waals surface area contributed by atoms with Crippen LogP contribution < -0.4 is 0 Å². The van der Waals surface area contributed by atoms with Crippen LogP contribution in [0.5, 0.6) is 0 Å². The topological polar surface area (TPSA) is 37.2 Å². The molecule has 0 amide bonds. The molecule has 1 heterocycles. The molecule has 2 aromatic carbocycles. The lowest BCUT2D eigenvalue weighted by Crippen LogP contribution is -2.15. The van der Waals surface area contributed by atoms with Gasteiger partial charge in [-0.15, -0.1) is 0 Å². The van der Waals surface area contributed by atoms with Crippen molar-refractivity contribution in [2.75, 3.05) is 13.7 Å². The molecule has 2 unspecified atom stereocenters. The third kappa shape index (κ3) is 4.07. The molecule has 0 aromatic heterocycles. The van der Waals surface area contributed by atoms with Gasteiger partial charge in [-0.05, 0) is 35.6 Å². The van der Waals surface area contributed by atoms with E-state index >= 15 is 0 Å². The van der Waals surface area contributed by atoms with Gasteiger partial charge in [-0.25, -0.2) is 0 Å². The number of rotatable bonds is 3. The van der Waals surface area contributed by atoms with Crippen LogP contribution in [0.3, 0.4) is 0 Å². The molecule has 2 atom stereocenters. The zero-order valence-corrected chi connectivity index (χ0v) is 15.4. The molecule has 4 heteroatoms. The van der Waals surface area contributed by atoms with Gasteiger partial charge in [0.1, 0.15) is 0 Å². The summed E-state index contributed by atoms with van der Waals surface area (Å²) >= 11 is 0. The SMILES string of the molecule is CCOC1Cc2ccccc2C(CC)N=NN(C)Cc2ccccc21. The molecule has 0 radical (unpaired) electrons. The number of benzene rings is 2. The molecule has 0 saturated carbocycles. The molecule has 132 valence electrons. The molecule has 2 aromatic rings. The Morgan fingerprint density at radius 2 is 1.68 bits per heavy atom. The third-order valence-electron chi connectivity index (χ3n) is 4.72. The Bertz CT molecular complexity index is 729. The van der Waals surface area contributed by atoms with E-state index in [0.717, 1.165) is 19.4 Å². The fourth-order valence-corrected chi connectivity index (χ4v) is 3.49. The number of nitrogens with zero attached hydrogens (tertiary/aromatic N) is 3. The summed E-state index contributed by atoms with van der Waals surface area (Å²) in [6, 6.07) is 17.2. The second-order valence-electron chi connectivity index (χ2n) is 6.49. The van der Waals surface area contributed by atoms with Crippen molar-refractivity contribution >= 4 is 0 Å². The minimum atomic E-state index is 0.0476. The molecule has 1 aliphatic heterocycles. The normalized spacial score (nSPS) is 20.5. The standard InChI is InChI=1S/C21H27N3O/c1-4-20-18-12-8-6-10-16(18)14-21(25-5-2)19-13-9-7-11-17(19)15-24(3)23-22-20/h6-13,20-21H,4-5,14-15H2,1-3H3. The molecular weight excluding hydrogens is 310 g/mol. The molecule has 4 nitrogen and oxygen atoms in total. The van der Waals surface area contributed by atoms with Crippen LogP contribution in [-0.4, -0.2) is 18.7 Å². The smallest absolute Gasteiger partial charge is 0.0979 e. The fraction of sp³-hybridized carbons (Fsp3) is 0.429. The van der Waals surface area contributed by atoms with Gasteiger partial charge >= 0.3 is 0 Å². The highest BCUT2D eigenvalue weighted by atomic mass is 16.5. The molecular formula is C21H27N3O. The summed E-state index contributed by atoms with van der Waals surface area (Å²) in [7, 11) is 1.98. The summed E-state index contributed by atoms with van der Waals surface area (Å²) in [5.74, 6) is 0. The first kappa shape index (κ1) is 17.6. The number of fused-ring (bicyclic) bond motifs is 2. The van der Waals surface area contributed by atoms with Crippen LogP contribution >= 0.6 is 0 Å². The van der Waals surface area contributed by atoms with Crippen LogP contribution in [-0.2, 0) is 17.7 Å². The molecule has 0 spiro atoms. The van der Waals surface area contributed by atoms with Gasteiger partial charge in [-0.3, -0.25) is 5.01 Å². The van der Waals surface area contributed by atoms with Crippen LogP contribution in [0, 0.1) is 0 Å². The van der Waals surface area contributed by atoms with Crippen LogP contribution in [0.4, 0.5) is 0 Å². The van der Waals surface area contributed by atoms with Crippen molar-refractivity contribution in [3.63, 3.8) is 0 Å². The predicted molar refractivity (Wildman–Crippen MR) is 100 cm³/mol. The molecule has 0 aliphatic carbocycles. The van der Waals surface area contributed by atoms with Crippen molar-refractivity contribution in [1.29, 1.82) is 0 Å². The Balaban J connectivity index is 2.11. The average molecular weight is 337 g/mol. The Morgan fingerprint density at radius 1 is 1.00 bits per heavy atom. The van der Waals surface area contributed by atoms with Crippen LogP contribution in [0.2, 0.25) is 0 Å². The maximum atomic E-state index is 6.16. The average Bonchev–Trinajstić information content (AvgIpc) is 2.65. The lowest BCUT2D eigenvalue weighted by molar-refractivity contribution is 0.0616. The summed E-state index contributed by atoms with van der Waals surface area (Å²) in [5.41, 5.74) is 5.04. The van der Waals surface area contributed by atoms with Gasteiger partial charge in [0.15, 0.2) is 0 Å². The summed E-state index contributed by atoms with van der Waals surface area (Å²) in [5, 5.41) is 11.0. The van der Waals surface area contributed by atoms with Crippen LogP contribution in [0.1, 0.15) is 54.7 Å². The van der Waals surface area contributed by atoms with Crippen molar-refractivity contribution in [2.45, 2.75) is 45.4 Å². The Kier molecular flexibility index (Phi) is 5.82. The lowest BCUT2D eigenvalue weighted by atomic mass is 9.91. The summed E-state index contributed by atoms with van der Waals surface area (Å²) in [6.07, 6.45) is 1.84. The highest BCUT2D eigenvalue weighted by Crippen LogP contribution is 2.32. The third-order valence-corrected chi connectivity index (χ3v) is 4.72. The van der Waals surface area contributed by atoms with Crippen LogP contribution in [0.25, 0.3) is 0 Å². The summed E-state index contributed by atoms with van der Waals surface area (Å²) in [6.45, 7) is 5.65. The van der Waals surface area contributed by atoms with E-state index in [1.54, 1.807) is 0 Å². The Morgan fingerprint density at radius 3 is 2.40 bits per heavy atom. The second kappa shape index (κ2) is 8.26. The Hall–Kier alpha value is -2.20. The summed E-state index contributed by atoms with van der Waals surface area (Å²) < 4.78 is 6.16. The van der Waals surface area contributed by atoms with Crippen molar-refractivity contribution in [2.24, 2.45) is 10.3 Å².